The van der Waals surface area contributed by atoms with Crippen LogP contribution in [0.3, 0.4) is 0 Å². The summed E-state index contributed by atoms with van der Waals surface area (Å²) in [6.07, 6.45) is 6.81. The molecule has 1 aliphatic rings. The summed E-state index contributed by atoms with van der Waals surface area (Å²) in [6.45, 7) is 4.33. The number of benzene rings is 1. The van der Waals surface area contributed by atoms with E-state index in [1.807, 2.05) is 24.3 Å². The van der Waals surface area contributed by atoms with E-state index in [2.05, 4.69) is 16.0 Å². The highest BCUT2D eigenvalue weighted by Crippen LogP contribution is 2.23. The van der Waals surface area contributed by atoms with Gasteiger partial charge in [-0.1, -0.05) is 6.42 Å². The molecule has 0 unspecified atom stereocenters. The minimum Gasteiger partial charge on any atom is -0.494 e. The first-order chi connectivity index (χ1) is 11.9. The van der Waals surface area contributed by atoms with Gasteiger partial charge in [0, 0.05) is 18.3 Å². The average molecular weight is 321 g/mol. The van der Waals surface area contributed by atoms with E-state index in [0.29, 0.717) is 5.56 Å². The zero-order valence-corrected chi connectivity index (χ0v) is 13.9. The summed E-state index contributed by atoms with van der Waals surface area (Å²) in [5.74, 6) is 0.867. The van der Waals surface area contributed by atoms with Gasteiger partial charge in [0.15, 0.2) is 0 Å². The molecule has 2 heterocycles. The minimum absolute atomic E-state index is 0.590. The van der Waals surface area contributed by atoms with Crippen LogP contribution in [0, 0.1) is 11.3 Å². The lowest BCUT2D eigenvalue weighted by Gasteiger charge is -2.26. The van der Waals surface area contributed by atoms with E-state index in [-0.39, 0.29) is 0 Å². The van der Waals surface area contributed by atoms with Crippen molar-refractivity contribution in [2.45, 2.75) is 25.7 Å². The topological polar surface area (TPSA) is 49.1 Å². The molecule has 1 aromatic heterocycles. The largest absolute Gasteiger partial charge is 0.494 e. The van der Waals surface area contributed by atoms with Gasteiger partial charge in [0.25, 0.3) is 0 Å². The van der Waals surface area contributed by atoms with E-state index in [1.165, 1.54) is 32.4 Å². The lowest BCUT2D eigenvalue weighted by Crippen LogP contribution is -2.31. The van der Waals surface area contributed by atoms with Crippen molar-refractivity contribution < 1.29 is 4.74 Å². The normalized spacial score (nSPS) is 15.0. The van der Waals surface area contributed by atoms with Crippen molar-refractivity contribution in [3.8, 4) is 23.1 Å². The molecule has 1 aliphatic heterocycles. The van der Waals surface area contributed by atoms with E-state index >= 15 is 0 Å². The second-order valence-electron chi connectivity index (χ2n) is 6.14. The molecular weight excluding hydrogens is 298 g/mol. The molecule has 24 heavy (non-hydrogen) atoms. The number of nitriles is 1. The second kappa shape index (κ2) is 8.47. The monoisotopic (exact) mass is 321 g/mol. The van der Waals surface area contributed by atoms with E-state index < -0.39 is 0 Å². The van der Waals surface area contributed by atoms with Gasteiger partial charge >= 0.3 is 0 Å². The molecule has 2 aromatic rings. The number of rotatable bonds is 6. The van der Waals surface area contributed by atoms with Gasteiger partial charge in [-0.3, -0.25) is 4.98 Å². The van der Waals surface area contributed by atoms with E-state index in [0.717, 1.165) is 36.6 Å². The van der Waals surface area contributed by atoms with Gasteiger partial charge in [-0.25, -0.2) is 0 Å². The third-order valence-corrected chi connectivity index (χ3v) is 4.39. The van der Waals surface area contributed by atoms with Crippen LogP contribution < -0.4 is 4.74 Å². The van der Waals surface area contributed by atoms with Crippen LogP contribution in [0.25, 0.3) is 11.3 Å². The van der Waals surface area contributed by atoms with E-state index in [4.69, 9.17) is 10.00 Å². The molecule has 124 valence electrons. The van der Waals surface area contributed by atoms with Crippen LogP contribution in [0.2, 0.25) is 0 Å². The third-order valence-electron chi connectivity index (χ3n) is 4.39. The van der Waals surface area contributed by atoms with Gasteiger partial charge in [-0.05, 0) is 68.8 Å². The Kier molecular flexibility index (Phi) is 5.81. The van der Waals surface area contributed by atoms with Crippen LogP contribution >= 0.6 is 0 Å². The maximum absolute atomic E-state index is 9.17. The maximum Gasteiger partial charge on any atom is 0.119 e. The van der Waals surface area contributed by atoms with Crippen LogP contribution in [0.15, 0.2) is 42.6 Å². The van der Waals surface area contributed by atoms with Crippen molar-refractivity contribution in [2.24, 2.45) is 0 Å². The summed E-state index contributed by atoms with van der Waals surface area (Å²) < 4.78 is 5.83. The van der Waals surface area contributed by atoms with Crippen LogP contribution in [0.4, 0.5) is 0 Å². The molecule has 0 bridgehead atoms. The van der Waals surface area contributed by atoms with Crippen LogP contribution in [0.5, 0.6) is 5.75 Å². The van der Waals surface area contributed by atoms with Gasteiger partial charge < -0.3 is 9.64 Å². The van der Waals surface area contributed by atoms with Crippen molar-refractivity contribution in [2.75, 3.05) is 26.2 Å². The Morgan fingerprint density at radius 1 is 1.08 bits per heavy atom. The second-order valence-corrected chi connectivity index (χ2v) is 6.14. The molecular formula is C20H23N3O. The Morgan fingerprint density at radius 3 is 2.62 bits per heavy atom. The first kappa shape index (κ1) is 16.5. The smallest absolute Gasteiger partial charge is 0.119 e. The van der Waals surface area contributed by atoms with Crippen molar-refractivity contribution in [1.82, 2.24) is 9.88 Å². The van der Waals surface area contributed by atoms with Gasteiger partial charge in [0.1, 0.15) is 11.8 Å². The molecule has 1 aromatic carbocycles. The molecule has 3 rings (SSSR count). The van der Waals surface area contributed by atoms with Gasteiger partial charge in [0.2, 0.25) is 0 Å². The van der Waals surface area contributed by atoms with Crippen molar-refractivity contribution >= 4 is 0 Å². The van der Waals surface area contributed by atoms with Crippen LogP contribution in [-0.2, 0) is 0 Å². The van der Waals surface area contributed by atoms with E-state index in [9.17, 15) is 0 Å². The Labute approximate surface area is 143 Å². The summed E-state index contributed by atoms with van der Waals surface area (Å²) in [5.41, 5.74) is 2.25. The third kappa shape index (κ3) is 4.33. The highest BCUT2D eigenvalue weighted by molar-refractivity contribution is 5.66. The Morgan fingerprint density at radius 2 is 1.88 bits per heavy atom. The van der Waals surface area contributed by atoms with E-state index in [1.54, 1.807) is 18.3 Å². The zero-order chi connectivity index (χ0) is 16.6. The van der Waals surface area contributed by atoms with Gasteiger partial charge in [0.05, 0.1) is 17.9 Å². The summed E-state index contributed by atoms with van der Waals surface area (Å²) in [4.78, 5) is 6.84. The number of piperidine rings is 1. The molecule has 0 N–H and O–H groups in total. The number of ether oxygens (including phenoxy) is 1. The summed E-state index contributed by atoms with van der Waals surface area (Å²) >= 11 is 0. The molecule has 1 fully saturated rings. The summed E-state index contributed by atoms with van der Waals surface area (Å²) in [6, 6.07) is 13.6. The van der Waals surface area contributed by atoms with Crippen molar-refractivity contribution in [1.29, 1.82) is 5.26 Å². The summed E-state index contributed by atoms with van der Waals surface area (Å²) in [7, 11) is 0. The Balaban J connectivity index is 1.50. The fraction of sp³-hybridized carbons (Fsp3) is 0.400. The molecule has 0 spiro atoms. The predicted molar refractivity (Wildman–Crippen MR) is 94.8 cm³/mol. The first-order valence-corrected chi connectivity index (χ1v) is 8.67. The highest BCUT2D eigenvalue weighted by atomic mass is 16.5. The lowest BCUT2D eigenvalue weighted by molar-refractivity contribution is 0.205. The number of likely N-dealkylation sites (tertiary alicyclic amines) is 1. The predicted octanol–water partition coefficient (Wildman–Crippen LogP) is 3.88. The quantitative estimate of drug-likeness (QED) is 0.758. The average Bonchev–Trinajstić information content (AvgIpc) is 2.66. The maximum atomic E-state index is 9.17. The number of nitrogens with zero attached hydrogens (tertiary/aromatic N) is 3. The van der Waals surface area contributed by atoms with Crippen LogP contribution in [-0.4, -0.2) is 36.1 Å². The Bertz CT molecular complexity index is 685. The molecule has 0 atom stereocenters. The molecule has 0 saturated carbocycles. The lowest BCUT2D eigenvalue weighted by atomic mass is 10.1. The van der Waals surface area contributed by atoms with Crippen LogP contribution in [0.1, 0.15) is 31.2 Å². The molecule has 0 amide bonds. The number of pyridine rings is 1. The standard InChI is InChI=1S/C20H23N3O/c21-16-18-6-4-11-22-20(18)17-7-9-19(10-8-17)24-15-5-14-23-12-2-1-3-13-23/h4,6-11H,1-3,5,12-15H2. The first-order valence-electron chi connectivity index (χ1n) is 8.67. The fourth-order valence-corrected chi connectivity index (χ4v) is 3.10. The molecule has 0 radical (unpaired) electrons. The highest BCUT2D eigenvalue weighted by Gasteiger charge is 2.09. The SMILES string of the molecule is N#Cc1cccnc1-c1ccc(OCCCN2CCCCC2)cc1. The number of hydrogen-bond acceptors (Lipinski definition) is 4. The zero-order valence-electron chi connectivity index (χ0n) is 13.9. The summed E-state index contributed by atoms with van der Waals surface area (Å²) in [5, 5.41) is 9.17. The Hall–Kier alpha value is -2.38. The van der Waals surface area contributed by atoms with Gasteiger partial charge in [-0.15, -0.1) is 0 Å². The molecule has 4 nitrogen and oxygen atoms in total. The number of aromatic nitrogens is 1. The van der Waals surface area contributed by atoms with Crippen molar-refractivity contribution in [3.05, 3.63) is 48.2 Å². The van der Waals surface area contributed by atoms with Gasteiger partial charge in [-0.2, -0.15) is 5.26 Å². The minimum atomic E-state index is 0.590. The molecule has 0 aliphatic carbocycles. The fourth-order valence-electron chi connectivity index (χ4n) is 3.10. The molecule has 4 heteroatoms. The number of hydrogen-bond donors (Lipinski definition) is 0. The molecule has 1 saturated heterocycles. The van der Waals surface area contributed by atoms with Crippen molar-refractivity contribution in [3.63, 3.8) is 0 Å².